The smallest absolute Gasteiger partial charge is 0.226 e. The van der Waals surface area contributed by atoms with Crippen LogP contribution in [0.3, 0.4) is 0 Å². The molecule has 0 aromatic heterocycles. The molecule has 0 atom stereocenters. The van der Waals surface area contributed by atoms with Crippen molar-refractivity contribution in [1.82, 2.24) is 0 Å². The summed E-state index contributed by atoms with van der Waals surface area (Å²) in [6.07, 6.45) is 0.386. The van der Waals surface area contributed by atoms with E-state index in [1.165, 1.54) is 5.56 Å². The number of benzene rings is 2. The molecule has 2 rings (SSSR count). The van der Waals surface area contributed by atoms with Crippen molar-refractivity contribution in [2.75, 3.05) is 17.2 Å². The van der Waals surface area contributed by atoms with Gasteiger partial charge in [-0.3, -0.25) is 4.79 Å². The molecule has 0 aliphatic heterocycles. The lowest BCUT2D eigenvalue weighted by Gasteiger charge is -2.12. The summed E-state index contributed by atoms with van der Waals surface area (Å²) in [5.74, 6) is -0.0477. The minimum Gasteiger partial charge on any atom is -0.385 e. The Kier molecular flexibility index (Phi) is 5.45. The van der Waals surface area contributed by atoms with E-state index in [4.69, 9.17) is 11.6 Å². The van der Waals surface area contributed by atoms with Gasteiger partial charge in [0.1, 0.15) is 0 Å². The van der Waals surface area contributed by atoms with E-state index >= 15 is 0 Å². The molecule has 0 unspecified atom stereocenters. The monoisotopic (exact) mass is 316 g/mol. The van der Waals surface area contributed by atoms with Crippen LogP contribution in [0.25, 0.3) is 0 Å². The molecule has 0 aliphatic carbocycles. The zero-order chi connectivity index (χ0) is 16.1. The van der Waals surface area contributed by atoms with E-state index < -0.39 is 0 Å². The van der Waals surface area contributed by atoms with Gasteiger partial charge in [-0.25, -0.2) is 0 Å². The van der Waals surface area contributed by atoms with E-state index in [-0.39, 0.29) is 5.91 Å². The van der Waals surface area contributed by atoms with Crippen LogP contribution in [0, 0.1) is 20.8 Å². The third-order valence-corrected chi connectivity index (χ3v) is 3.73. The van der Waals surface area contributed by atoms with Gasteiger partial charge in [0.15, 0.2) is 0 Å². The number of carbonyl (C=O) groups excluding carboxylic acids is 1. The highest BCUT2D eigenvalue weighted by molar-refractivity contribution is 6.34. The quantitative estimate of drug-likeness (QED) is 0.839. The second-order valence-electron chi connectivity index (χ2n) is 5.53. The van der Waals surface area contributed by atoms with Crippen LogP contribution in [0.15, 0.2) is 36.4 Å². The molecule has 22 heavy (non-hydrogen) atoms. The maximum Gasteiger partial charge on any atom is 0.226 e. The Hall–Kier alpha value is -2.00. The predicted octanol–water partition coefficient (Wildman–Crippen LogP) is 4.71. The molecular formula is C18H21ClN2O. The van der Waals surface area contributed by atoms with E-state index in [0.717, 1.165) is 16.8 Å². The first-order valence-corrected chi connectivity index (χ1v) is 7.70. The SMILES string of the molecule is Cc1ccc(NCCC(=O)Nc2c(C)cc(C)cc2Cl)cc1. The number of rotatable bonds is 5. The summed E-state index contributed by atoms with van der Waals surface area (Å²) >= 11 is 6.19. The van der Waals surface area contributed by atoms with Gasteiger partial charge < -0.3 is 10.6 Å². The molecule has 116 valence electrons. The second kappa shape index (κ2) is 7.32. The third kappa shape index (κ3) is 4.50. The lowest BCUT2D eigenvalue weighted by Crippen LogP contribution is -2.17. The van der Waals surface area contributed by atoms with Gasteiger partial charge in [0.05, 0.1) is 10.7 Å². The molecule has 0 spiro atoms. The molecule has 0 bridgehead atoms. The van der Waals surface area contributed by atoms with Crippen LogP contribution in [0.2, 0.25) is 5.02 Å². The molecule has 2 aromatic rings. The van der Waals surface area contributed by atoms with Gasteiger partial charge in [-0.15, -0.1) is 0 Å². The Bertz CT molecular complexity index is 642. The fourth-order valence-electron chi connectivity index (χ4n) is 2.27. The molecule has 2 aromatic carbocycles. The first kappa shape index (κ1) is 16.4. The fourth-order valence-corrected chi connectivity index (χ4v) is 2.64. The Labute approximate surface area is 136 Å². The molecule has 0 heterocycles. The van der Waals surface area contributed by atoms with Crippen LogP contribution in [-0.2, 0) is 4.79 Å². The van der Waals surface area contributed by atoms with Crippen molar-refractivity contribution in [3.05, 3.63) is 58.1 Å². The second-order valence-corrected chi connectivity index (χ2v) is 5.94. The molecule has 1 amide bonds. The highest BCUT2D eigenvalue weighted by Gasteiger charge is 2.09. The van der Waals surface area contributed by atoms with Crippen LogP contribution < -0.4 is 10.6 Å². The minimum absolute atomic E-state index is 0.0477. The number of anilines is 2. The number of hydrogen-bond acceptors (Lipinski definition) is 2. The van der Waals surface area contributed by atoms with E-state index in [1.54, 1.807) is 0 Å². The maximum absolute atomic E-state index is 12.0. The predicted molar refractivity (Wildman–Crippen MR) is 93.8 cm³/mol. The molecule has 2 N–H and O–H groups in total. The Morgan fingerprint density at radius 2 is 1.73 bits per heavy atom. The summed E-state index contributed by atoms with van der Waals surface area (Å²) in [7, 11) is 0. The summed E-state index contributed by atoms with van der Waals surface area (Å²) in [4.78, 5) is 12.0. The van der Waals surface area contributed by atoms with Crippen molar-refractivity contribution in [2.45, 2.75) is 27.2 Å². The van der Waals surface area contributed by atoms with Crippen molar-refractivity contribution in [1.29, 1.82) is 0 Å². The van der Waals surface area contributed by atoms with Gasteiger partial charge in [-0.2, -0.15) is 0 Å². The largest absolute Gasteiger partial charge is 0.385 e. The average Bonchev–Trinajstić information content (AvgIpc) is 2.45. The van der Waals surface area contributed by atoms with E-state index in [2.05, 4.69) is 10.6 Å². The number of carbonyl (C=O) groups is 1. The lowest BCUT2D eigenvalue weighted by molar-refractivity contribution is -0.115. The highest BCUT2D eigenvalue weighted by atomic mass is 35.5. The summed E-state index contributed by atoms with van der Waals surface area (Å²) in [6, 6.07) is 12.0. The molecule has 0 radical (unpaired) electrons. The van der Waals surface area contributed by atoms with Crippen molar-refractivity contribution in [3.63, 3.8) is 0 Å². The first-order chi connectivity index (χ1) is 10.5. The number of halogens is 1. The molecule has 0 fully saturated rings. The van der Waals surface area contributed by atoms with Crippen LogP contribution >= 0.6 is 11.6 Å². The van der Waals surface area contributed by atoms with Crippen molar-refractivity contribution >= 4 is 28.9 Å². The lowest BCUT2D eigenvalue weighted by atomic mass is 10.1. The van der Waals surface area contributed by atoms with Crippen LogP contribution in [-0.4, -0.2) is 12.5 Å². The van der Waals surface area contributed by atoms with Gasteiger partial charge >= 0.3 is 0 Å². The normalized spacial score (nSPS) is 10.4. The number of amides is 1. The summed E-state index contributed by atoms with van der Waals surface area (Å²) in [5, 5.41) is 6.70. The standard InChI is InChI=1S/C18H21ClN2O/c1-12-4-6-15(7-5-12)20-9-8-17(22)21-18-14(3)10-13(2)11-16(18)19/h4-7,10-11,20H,8-9H2,1-3H3,(H,21,22). The van der Waals surface area contributed by atoms with Gasteiger partial charge in [0.25, 0.3) is 0 Å². The topological polar surface area (TPSA) is 41.1 Å². The van der Waals surface area contributed by atoms with Crippen LogP contribution in [0.5, 0.6) is 0 Å². The number of aryl methyl sites for hydroxylation is 3. The third-order valence-electron chi connectivity index (χ3n) is 3.43. The molecule has 4 heteroatoms. The zero-order valence-electron chi connectivity index (χ0n) is 13.2. The molecule has 0 saturated carbocycles. The van der Waals surface area contributed by atoms with Crippen molar-refractivity contribution < 1.29 is 4.79 Å². The van der Waals surface area contributed by atoms with Crippen molar-refractivity contribution in [2.24, 2.45) is 0 Å². The number of nitrogens with one attached hydrogen (secondary N) is 2. The maximum atomic E-state index is 12.0. The molecule has 0 saturated heterocycles. The van der Waals surface area contributed by atoms with E-state index in [1.807, 2.05) is 57.2 Å². The Balaban J connectivity index is 1.87. The summed E-state index contributed by atoms with van der Waals surface area (Å²) < 4.78 is 0. The summed E-state index contributed by atoms with van der Waals surface area (Å²) in [6.45, 7) is 6.55. The number of hydrogen-bond donors (Lipinski definition) is 2. The van der Waals surface area contributed by atoms with Crippen LogP contribution in [0.1, 0.15) is 23.1 Å². The van der Waals surface area contributed by atoms with E-state index in [9.17, 15) is 4.79 Å². The highest BCUT2D eigenvalue weighted by Crippen LogP contribution is 2.27. The Morgan fingerprint density at radius 3 is 2.36 bits per heavy atom. The van der Waals surface area contributed by atoms with Gasteiger partial charge in [-0.1, -0.05) is 35.4 Å². The van der Waals surface area contributed by atoms with Crippen molar-refractivity contribution in [3.8, 4) is 0 Å². The van der Waals surface area contributed by atoms with E-state index in [0.29, 0.717) is 23.7 Å². The Morgan fingerprint density at radius 1 is 1.05 bits per heavy atom. The van der Waals surface area contributed by atoms with Gasteiger partial charge in [-0.05, 0) is 50.1 Å². The van der Waals surface area contributed by atoms with Gasteiger partial charge in [0.2, 0.25) is 5.91 Å². The first-order valence-electron chi connectivity index (χ1n) is 7.33. The fraction of sp³-hybridized carbons (Fsp3) is 0.278. The van der Waals surface area contributed by atoms with Crippen LogP contribution in [0.4, 0.5) is 11.4 Å². The van der Waals surface area contributed by atoms with Gasteiger partial charge in [0, 0.05) is 18.7 Å². The molecule has 0 aliphatic rings. The minimum atomic E-state index is -0.0477. The molecular weight excluding hydrogens is 296 g/mol. The zero-order valence-corrected chi connectivity index (χ0v) is 13.9. The molecule has 3 nitrogen and oxygen atoms in total. The summed E-state index contributed by atoms with van der Waals surface area (Å²) in [5.41, 5.74) is 5.00. The average molecular weight is 317 g/mol.